The minimum atomic E-state index is -0.592. The van der Waals surface area contributed by atoms with Crippen molar-refractivity contribution < 1.29 is 19.0 Å². The zero-order chi connectivity index (χ0) is 17.0. The molecule has 0 radical (unpaired) electrons. The van der Waals surface area contributed by atoms with Gasteiger partial charge in [0.05, 0.1) is 25.7 Å². The van der Waals surface area contributed by atoms with Crippen LogP contribution in [0.5, 0.6) is 0 Å². The maximum Gasteiger partial charge on any atom is 0.310 e. The minimum absolute atomic E-state index is 0.0673. The molecule has 0 bridgehead atoms. The third kappa shape index (κ3) is 3.79. The molecule has 2 fully saturated rings. The van der Waals surface area contributed by atoms with Gasteiger partial charge in [0.1, 0.15) is 0 Å². The van der Waals surface area contributed by atoms with Gasteiger partial charge in [-0.05, 0) is 25.8 Å². The number of nitrogens with one attached hydrogen (secondary N) is 1. The zero-order valence-corrected chi connectivity index (χ0v) is 14.5. The molecule has 1 N–H and O–H groups in total. The van der Waals surface area contributed by atoms with Crippen LogP contribution < -0.4 is 5.32 Å². The molecule has 1 aromatic carbocycles. The summed E-state index contributed by atoms with van der Waals surface area (Å²) >= 11 is 0. The van der Waals surface area contributed by atoms with E-state index in [-0.39, 0.29) is 24.0 Å². The van der Waals surface area contributed by atoms with Gasteiger partial charge in [-0.3, -0.25) is 4.79 Å². The standard InChI is InChI=1S/C19H27NO4/c1-3-22-18(21)16-13-19(23-11-12-24-19)10-9-17(16)20-14(2)15-7-5-4-6-8-15/h4-8,14,16-17,20H,3,9-13H2,1-2H3/t14-,16+,17-/m0/s1. The number of ether oxygens (including phenoxy) is 3. The summed E-state index contributed by atoms with van der Waals surface area (Å²) in [6, 6.07) is 10.5. The van der Waals surface area contributed by atoms with Crippen molar-refractivity contribution in [3.8, 4) is 0 Å². The first-order valence-electron chi connectivity index (χ1n) is 8.89. The van der Waals surface area contributed by atoms with Crippen LogP contribution in [0.3, 0.4) is 0 Å². The van der Waals surface area contributed by atoms with Gasteiger partial charge in [-0.2, -0.15) is 0 Å². The Morgan fingerprint density at radius 2 is 2.04 bits per heavy atom. The van der Waals surface area contributed by atoms with Gasteiger partial charge in [0.2, 0.25) is 0 Å². The summed E-state index contributed by atoms with van der Waals surface area (Å²) in [5.74, 6) is -0.998. The summed E-state index contributed by atoms with van der Waals surface area (Å²) < 4.78 is 17.0. The summed E-state index contributed by atoms with van der Waals surface area (Å²) in [6.07, 6.45) is 2.20. The van der Waals surface area contributed by atoms with E-state index >= 15 is 0 Å². The number of benzene rings is 1. The molecular weight excluding hydrogens is 306 g/mol. The SMILES string of the molecule is CCOC(=O)[C@@H]1CC2(CC[C@@H]1N[C@@H](C)c1ccccc1)OCCO2. The third-order valence-corrected chi connectivity index (χ3v) is 5.02. The van der Waals surface area contributed by atoms with Crippen molar-refractivity contribution in [3.05, 3.63) is 35.9 Å². The minimum Gasteiger partial charge on any atom is -0.466 e. The Labute approximate surface area is 143 Å². The van der Waals surface area contributed by atoms with Crippen LogP contribution in [-0.4, -0.2) is 37.6 Å². The predicted molar refractivity (Wildman–Crippen MR) is 90.4 cm³/mol. The Balaban J connectivity index is 1.71. The molecule has 1 aliphatic carbocycles. The van der Waals surface area contributed by atoms with Gasteiger partial charge in [-0.25, -0.2) is 0 Å². The molecule has 132 valence electrons. The van der Waals surface area contributed by atoms with Gasteiger partial charge in [0.15, 0.2) is 5.79 Å². The smallest absolute Gasteiger partial charge is 0.310 e. The lowest BCUT2D eigenvalue weighted by atomic mass is 9.80. The van der Waals surface area contributed by atoms with Crippen LogP contribution >= 0.6 is 0 Å². The van der Waals surface area contributed by atoms with Crippen molar-refractivity contribution in [2.24, 2.45) is 5.92 Å². The van der Waals surface area contributed by atoms with Crippen LogP contribution in [0.4, 0.5) is 0 Å². The number of rotatable bonds is 5. The van der Waals surface area contributed by atoms with Gasteiger partial charge in [-0.15, -0.1) is 0 Å². The van der Waals surface area contributed by atoms with Crippen molar-refractivity contribution >= 4 is 5.97 Å². The molecule has 0 unspecified atom stereocenters. The van der Waals surface area contributed by atoms with Crippen LogP contribution in [0.1, 0.15) is 44.7 Å². The van der Waals surface area contributed by atoms with Gasteiger partial charge in [0, 0.05) is 24.9 Å². The molecule has 1 aliphatic heterocycles. The molecule has 1 heterocycles. The van der Waals surface area contributed by atoms with Crippen LogP contribution in [0.2, 0.25) is 0 Å². The topological polar surface area (TPSA) is 56.8 Å². The highest BCUT2D eigenvalue weighted by Gasteiger charge is 2.48. The zero-order valence-electron chi connectivity index (χ0n) is 14.5. The second-order valence-corrected chi connectivity index (χ2v) is 6.61. The molecule has 3 rings (SSSR count). The van der Waals surface area contributed by atoms with Crippen molar-refractivity contribution in [2.75, 3.05) is 19.8 Å². The van der Waals surface area contributed by atoms with Crippen molar-refractivity contribution in [3.63, 3.8) is 0 Å². The molecule has 5 heteroatoms. The molecule has 3 atom stereocenters. The first kappa shape index (κ1) is 17.4. The average Bonchev–Trinajstić information content (AvgIpc) is 3.05. The molecule has 0 aromatic heterocycles. The molecule has 1 aromatic rings. The number of carbonyl (C=O) groups is 1. The molecule has 0 amide bonds. The highest BCUT2D eigenvalue weighted by atomic mass is 16.7. The van der Waals surface area contributed by atoms with Crippen molar-refractivity contribution in [1.29, 1.82) is 0 Å². The molecule has 5 nitrogen and oxygen atoms in total. The Kier molecular flexibility index (Phi) is 5.54. The normalized spacial score (nSPS) is 27.1. The lowest BCUT2D eigenvalue weighted by Gasteiger charge is -2.41. The Bertz CT molecular complexity index is 542. The number of carbonyl (C=O) groups excluding carboxylic acids is 1. The monoisotopic (exact) mass is 333 g/mol. The summed E-state index contributed by atoms with van der Waals surface area (Å²) in [5.41, 5.74) is 1.22. The highest BCUT2D eigenvalue weighted by Crippen LogP contribution is 2.40. The maximum atomic E-state index is 12.5. The number of hydrogen-bond acceptors (Lipinski definition) is 5. The quantitative estimate of drug-likeness (QED) is 0.840. The second kappa shape index (κ2) is 7.64. The third-order valence-electron chi connectivity index (χ3n) is 5.02. The average molecular weight is 333 g/mol. The molecular formula is C19H27NO4. The van der Waals surface area contributed by atoms with Crippen LogP contribution in [0.15, 0.2) is 30.3 Å². The lowest BCUT2D eigenvalue weighted by molar-refractivity contribution is -0.199. The summed E-state index contributed by atoms with van der Waals surface area (Å²) in [6.45, 7) is 5.58. The predicted octanol–water partition coefficient (Wildman–Crippen LogP) is 2.81. The van der Waals surface area contributed by atoms with E-state index in [1.54, 1.807) is 0 Å². The van der Waals surface area contributed by atoms with E-state index in [4.69, 9.17) is 14.2 Å². The molecule has 2 aliphatic rings. The Morgan fingerprint density at radius 3 is 2.71 bits per heavy atom. The fraction of sp³-hybridized carbons (Fsp3) is 0.632. The van der Waals surface area contributed by atoms with Gasteiger partial charge < -0.3 is 19.5 Å². The summed E-state index contributed by atoms with van der Waals surface area (Å²) in [4.78, 5) is 12.5. The summed E-state index contributed by atoms with van der Waals surface area (Å²) in [5, 5.41) is 3.62. The van der Waals surface area contributed by atoms with E-state index in [0.717, 1.165) is 12.8 Å². The van der Waals surface area contributed by atoms with E-state index < -0.39 is 5.79 Å². The van der Waals surface area contributed by atoms with Crippen LogP contribution in [-0.2, 0) is 19.0 Å². The van der Waals surface area contributed by atoms with E-state index in [1.807, 2.05) is 25.1 Å². The van der Waals surface area contributed by atoms with Crippen molar-refractivity contribution in [2.45, 2.75) is 51.0 Å². The van der Waals surface area contributed by atoms with Crippen LogP contribution in [0, 0.1) is 5.92 Å². The van der Waals surface area contributed by atoms with Gasteiger partial charge in [-0.1, -0.05) is 30.3 Å². The maximum absolute atomic E-state index is 12.5. The molecule has 24 heavy (non-hydrogen) atoms. The van der Waals surface area contributed by atoms with E-state index in [2.05, 4.69) is 24.4 Å². The lowest BCUT2D eigenvalue weighted by Crippen LogP contribution is -2.51. The Morgan fingerprint density at radius 1 is 1.33 bits per heavy atom. The largest absolute Gasteiger partial charge is 0.466 e. The number of hydrogen-bond donors (Lipinski definition) is 1. The Hall–Kier alpha value is -1.43. The number of esters is 1. The summed E-state index contributed by atoms with van der Waals surface area (Å²) in [7, 11) is 0. The van der Waals surface area contributed by atoms with E-state index in [0.29, 0.717) is 26.2 Å². The van der Waals surface area contributed by atoms with E-state index in [1.165, 1.54) is 5.56 Å². The van der Waals surface area contributed by atoms with Gasteiger partial charge in [0.25, 0.3) is 0 Å². The molecule has 1 saturated heterocycles. The van der Waals surface area contributed by atoms with E-state index in [9.17, 15) is 4.79 Å². The highest BCUT2D eigenvalue weighted by molar-refractivity contribution is 5.73. The fourth-order valence-corrected chi connectivity index (χ4v) is 3.77. The van der Waals surface area contributed by atoms with Crippen molar-refractivity contribution in [1.82, 2.24) is 5.32 Å². The fourth-order valence-electron chi connectivity index (χ4n) is 3.77. The molecule has 1 spiro atoms. The van der Waals surface area contributed by atoms with Crippen LogP contribution in [0.25, 0.3) is 0 Å². The molecule has 1 saturated carbocycles. The first-order chi connectivity index (χ1) is 11.6. The first-order valence-corrected chi connectivity index (χ1v) is 8.89. The second-order valence-electron chi connectivity index (χ2n) is 6.61. The van der Waals surface area contributed by atoms with Gasteiger partial charge >= 0.3 is 5.97 Å².